The molecule has 2 N–H and O–H groups in total. The minimum Gasteiger partial charge on any atom is -0.481 e. The highest BCUT2D eigenvalue weighted by molar-refractivity contribution is 7.09. The van der Waals surface area contributed by atoms with Gasteiger partial charge in [0.05, 0.1) is 18.4 Å². The van der Waals surface area contributed by atoms with Gasteiger partial charge in [-0.1, -0.05) is 18.2 Å². The molecule has 2 bridgehead atoms. The number of thiophene rings is 1. The molecule has 2 aliphatic rings. The SMILES string of the molecule is O=C(O)[C@@H]1[C@H](C(=O)NCc2cccs2)[C@H]2C=C[C@H]1C2. The van der Waals surface area contributed by atoms with Crippen LogP contribution in [0.15, 0.2) is 29.7 Å². The lowest BCUT2D eigenvalue weighted by Gasteiger charge is -2.23. The van der Waals surface area contributed by atoms with Gasteiger partial charge >= 0.3 is 5.97 Å². The Balaban J connectivity index is 1.68. The van der Waals surface area contributed by atoms with Crippen LogP contribution in [0.4, 0.5) is 0 Å². The first kappa shape index (κ1) is 12.4. The topological polar surface area (TPSA) is 66.4 Å². The molecule has 0 unspecified atom stereocenters. The van der Waals surface area contributed by atoms with E-state index in [-0.39, 0.29) is 17.7 Å². The first-order valence-corrected chi connectivity index (χ1v) is 7.26. The van der Waals surface area contributed by atoms with Gasteiger partial charge in [0.15, 0.2) is 0 Å². The fourth-order valence-electron chi connectivity index (χ4n) is 3.22. The maximum absolute atomic E-state index is 12.2. The molecule has 0 aromatic carbocycles. The van der Waals surface area contributed by atoms with Crippen LogP contribution in [0.2, 0.25) is 0 Å². The third-order valence-corrected chi connectivity index (χ3v) is 4.94. The molecule has 100 valence electrons. The fourth-order valence-corrected chi connectivity index (χ4v) is 3.87. The van der Waals surface area contributed by atoms with Crippen LogP contribution in [0.1, 0.15) is 11.3 Å². The summed E-state index contributed by atoms with van der Waals surface area (Å²) in [7, 11) is 0. The summed E-state index contributed by atoms with van der Waals surface area (Å²) in [6, 6.07) is 3.90. The Labute approximate surface area is 115 Å². The van der Waals surface area contributed by atoms with Crippen molar-refractivity contribution in [2.24, 2.45) is 23.7 Å². The summed E-state index contributed by atoms with van der Waals surface area (Å²) < 4.78 is 0. The van der Waals surface area contributed by atoms with Crippen LogP contribution in [0.3, 0.4) is 0 Å². The number of fused-ring (bicyclic) bond motifs is 2. The van der Waals surface area contributed by atoms with Crippen molar-refractivity contribution in [2.45, 2.75) is 13.0 Å². The third kappa shape index (κ3) is 2.18. The zero-order chi connectivity index (χ0) is 13.4. The van der Waals surface area contributed by atoms with Crippen molar-refractivity contribution in [2.75, 3.05) is 0 Å². The molecule has 1 aromatic rings. The quantitative estimate of drug-likeness (QED) is 0.826. The number of carboxylic acids is 1. The monoisotopic (exact) mass is 277 g/mol. The van der Waals surface area contributed by atoms with Crippen LogP contribution in [0, 0.1) is 23.7 Å². The Kier molecular flexibility index (Phi) is 3.14. The zero-order valence-electron chi connectivity index (χ0n) is 10.3. The number of aliphatic carboxylic acids is 1. The van der Waals surface area contributed by atoms with Crippen molar-refractivity contribution in [3.8, 4) is 0 Å². The molecule has 1 heterocycles. The van der Waals surface area contributed by atoms with Crippen LogP contribution in [-0.4, -0.2) is 17.0 Å². The number of hydrogen-bond donors (Lipinski definition) is 2. The predicted molar refractivity (Wildman–Crippen MR) is 71.5 cm³/mol. The molecule has 1 aromatic heterocycles. The van der Waals surface area contributed by atoms with Gasteiger partial charge in [0, 0.05) is 4.88 Å². The predicted octanol–water partition coefficient (Wildman–Crippen LogP) is 1.89. The lowest BCUT2D eigenvalue weighted by molar-refractivity contribution is -0.147. The van der Waals surface area contributed by atoms with Crippen molar-refractivity contribution in [3.63, 3.8) is 0 Å². The maximum atomic E-state index is 12.2. The van der Waals surface area contributed by atoms with Crippen LogP contribution < -0.4 is 5.32 Å². The summed E-state index contributed by atoms with van der Waals surface area (Å²) in [5, 5.41) is 14.1. The van der Waals surface area contributed by atoms with Crippen LogP contribution in [0.5, 0.6) is 0 Å². The lowest BCUT2D eigenvalue weighted by atomic mass is 9.82. The van der Waals surface area contributed by atoms with E-state index in [1.165, 1.54) is 0 Å². The highest BCUT2D eigenvalue weighted by atomic mass is 32.1. The van der Waals surface area contributed by atoms with Crippen molar-refractivity contribution in [1.29, 1.82) is 0 Å². The molecule has 4 nitrogen and oxygen atoms in total. The molecular weight excluding hydrogens is 262 g/mol. The summed E-state index contributed by atoms with van der Waals surface area (Å²) >= 11 is 1.58. The molecule has 1 amide bonds. The molecule has 0 aliphatic heterocycles. The van der Waals surface area contributed by atoms with E-state index in [0.29, 0.717) is 6.54 Å². The normalized spacial score (nSPS) is 31.6. The smallest absolute Gasteiger partial charge is 0.307 e. The molecule has 19 heavy (non-hydrogen) atoms. The van der Waals surface area contributed by atoms with E-state index in [9.17, 15) is 14.7 Å². The van der Waals surface area contributed by atoms with E-state index >= 15 is 0 Å². The van der Waals surface area contributed by atoms with E-state index in [4.69, 9.17) is 0 Å². The average Bonchev–Trinajstić information content (AvgIpc) is 3.10. The van der Waals surface area contributed by atoms with Gasteiger partial charge in [0.1, 0.15) is 0 Å². The second-order valence-electron chi connectivity index (χ2n) is 5.14. The van der Waals surface area contributed by atoms with Gasteiger partial charge < -0.3 is 10.4 Å². The number of carbonyl (C=O) groups is 2. The second kappa shape index (κ2) is 4.81. The molecule has 5 heteroatoms. The highest BCUT2D eigenvalue weighted by Gasteiger charge is 2.51. The van der Waals surface area contributed by atoms with E-state index in [1.807, 2.05) is 29.7 Å². The summed E-state index contributed by atoms with van der Waals surface area (Å²) in [5.74, 6) is -1.83. The summed E-state index contributed by atoms with van der Waals surface area (Å²) in [5.41, 5.74) is 0. The molecule has 3 rings (SSSR count). The molecule has 4 atom stereocenters. The third-order valence-electron chi connectivity index (χ3n) is 4.06. The van der Waals surface area contributed by atoms with Crippen LogP contribution in [-0.2, 0) is 16.1 Å². The van der Waals surface area contributed by atoms with Gasteiger partial charge in [0.2, 0.25) is 5.91 Å². The summed E-state index contributed by atoms with van der Waals surface area (Å²) in [6.45, 7) is 0.487. The molecule has 1 fully saturated rings. The van der Waals surface area contributed by atoms with Crippen LogP contribution in [0.25, 0.3) is 0 Å². The summed E-state index contributed by atoms with van der Waals surface area (Å²) in [6.07, 6.45) is 4.75. The Bertz CT molecular complexity index is 523. The van der Waals surface area contributed by atoms with E-state index in [1.54, 1.807) is 11.3 Å². The molecule has 0 radical (unpaired) electrons. The van der Waals surface area contributed by atoms with Gasteiger partial charge in [0.25, 0.3) is 0 Å². The van der Waals surface area contributed by atoms with Crippen molar-refractivity contribution >= 4 is 23.2 Å². The Morgan fingerprint density at radius 1 is 1.32 bits per heavy atom. The fraction of sp³-hybridized carbons (Fsp3) is 0.429. The van der Waals surface area contributed by atoms with E-state index in [2.05, 4.69) is 5.32 Å². The van der Waals surface area contributed by atoms with Gasteiger partial charge in [-0.15, -0.1) is 11.3 Å². The number of carbonyl (C=O) groups excluding carboxylic acids is 1. The number of carboxylic acid groups (broad SMARTS) is 1. The van der Waals surface area contributed by atoms with Gasteiger partial charge in [-0.2, -0.15) is 0 Å². The number of hydrogen-bond acceptors (Lipinski definition) is 3. The standard InChI is InChI=1S/C14H15NO3S/c16-13(15-7-10-2-1-5-19-10)11-8-3-4-9(6-8)12(11)14(17)18/h1-5,8-9,11-12H,6-7H2,(H,15,16)(H,17,18)/t8-,9-,11+,12-/m0/s1. The molecular formula is C14H15NO3S. The number of nitrogens with one attached hydrogen (secondary N) is 1. The summed E-state index contributed by atoms with van der Waals surface area (Å²) in [4.78, 5) is 24.7. The van der Waals surface area contributed by atoms with Gasteiger partial charge in [-0.05, 0) is 29.7 Å². The minimum absolute atomic E-state index is 0.0278. The average molecular weight is 277 g/mol. The molecule has 0 spiro atoms. The van der Waals surface area contributed by atoms with E-state index in [0.717, 1.165) is 11.3 Å². The Hall–Kier alpha value is -1.62. The molecule has 2 aliphatic carbocycles. The first-order valence-electron chi connectivity index (χ1n) is 6.38. The molecule has 0 saturated heterocycles. The maximum Gasteiger partial charge on any atom is 0.307 e. The number of amides is 1. The molecule has 1 saturated carbocycles. The minimum atomic E-state index is -0.854. The van der Waals surface area contributed by atoms with Gasteiger partial charge in [-0.25, -0.2) is 0 Å². The van der Waals surface area contributed by atoms with Crippen molar-refractivity contribution in [3.05, 3.63) is 34.5 Å². The zero-order valence-corrected chi connectivity index (χ0v) is 11.1. The van der Waals surface area contributed by atoms with Crippen molar-refractivity contribution < 1.29 is 14.7 Å². The van der Waals surface area contributed by atoms with Crippen LogP contribution >= 0.6 is 11.3 Å². The lowest BCUT2D eigenvalue weighted by Crippen LogP contribution is -2.39. The second-order valence-corrected chi connectivity index (χ2v) is 6.17. The number of rotatable bonds is 4. The van der Waals surface area contributed by atoms with Crippen molar-refractivity contribution in [1.82, 2.24) is 5.32 Å². The highest BCUT2D eigenvalue weighted by Crippen LogP contribution is 2.48. The van der Waals surface area contributed by atoms with E-state index < -0.39 is 17.8 Å². The number of allylic oxidation sites excluding steroid dienone is 2. The van der Waals surface area contributed by atoms with Gasteiger partial charge in [-0.3, -0.25) is 9.59 Å². The Morgan fingerprint density at radius 3 is 2.68 bits per heavy atom. The largest absolute Gasteiger partial charge is 0.481 e. The first-order chi connectivity index (χ1) is 9.16. The Morgan fingerprint density at radius 2 is 2.05 bits per heavy atom.